The molecule has 0 spiro atoms. The predicted octanol–water partition coefficient (Wildman–Crippen LogP) is 0.850. The molecule has 0 aromatic carbocycles. The maximum absolute atomic E-state index is 12.0. The maximum Gasteiger partial charge on any atom is 0.471 e. The molecular formula is C13H15F3N4O4S. The number of alkyl carbamates (subject to hydrolysis) is 1. The van der Waals surface area contributed by atoms with E-state index in [9.17, 15) is 27.6 Å². The van der Waals surface area contributed by atoms with E-state index >= 15 is 0 Å². The number of aromatic nitrogens is 1. The monoisotopic (exact) mass is 380 g/mol. The number of rotatable bonds is 8. The third-order valence-electron chi connectivity index (χ3n) is 2.45. The summed E-state index contributed by atoms with van der Waals surface area (Å²) in [4.78, 5) is 37.3. The zero-order valence-electron chi connectivity index (χ0n) is 12.8. The van der Waals surface area contributed by atoms with Gasteiger partial charge in [-0.25, -0.2) is 9.78 Å². The molecule has 0 atom stereocenters. The highest BCUT2D eigenvalue weighted by atomic mass is 32.1. The van der Waals surface area contributed by atoms with Crippen molar-refractivity contribution >= 4 is 29.2 Å². The number of amides is 3. The molecule has 0 fully saturated rings. The Balaban J connectivity index is 2.31. The topological polar surface area (TPSA) is 109 Å². The summed E-state index contributed by atoms with van der Waals surface area (Å²) >= 11 is 1.19. The van der Waals surface area contributed by atoms with Crippen LogP contribution in [-0.4, -0.2) is 42.2 Å². The molecule has 1 heterocycles. The molecule has 3 amide bonds. The number of thiazole rings is 1. The number of ether oxygens (including phenoxy) is 1. The SMILES string of the molecule is C=CCOC(=O)NCc1csc(CNC(=O)CNC(=O)C(F)(F)F)n1. The summed E-state index contributed by atoms with van der Waals surface area (Å²) in [6.45, 7) is 2.76. The van der Waals surface area contributed by atoms with Gasteiger partial charge >= 0.3 is 18.2 Å². The van der Waals surface area contributed by atoms with Crippen molar-refractivity contribution < 1.29 is 32.3 Å². The molecule has 138 valence electrons. The lowest BCUT2D eigenvalue weighted by atomic mass is 10.5. The van der Waals surface area contributed by atoms with Gasteiger partial charge in [0.1, 0.15) is 11.6 Å². The molecule has 0 radical (unpaired) electrons. The van der Waals surface area contributed by atoms with Crippen LogP contribution in [0.3, 0.4) is 0 Å². The summed E-state index contributed by atoms with van der Waals surface area (Å²) in [5.41, 5.74) is 0.523. The third kappa shape index (κ3) is 8.15. The molecule has 0 aliphatic rings. The summed E-state index contributed by atoms with van der Waals surface area (Å²) in [6.07, 6.45) is -4.26. The van der Waals surface area contributed by atoms with Gasteiger partial charge in [0.05, 0.1) is 25.3 Å². The first-order chi connectivity index (χ1) is 11.7. The van der Waals surface area contributed by atoms with Crippen molar-refractivity contribution in [1.29, 1.82) is 0 Å². The Bertz CT molecular complexity index is 633. The molecule has 1 rings (SSSR count). The standard InChI is InChI=1S/C13H15F3N4O4S/c1-2-3-24-12(23)19-4-8-7-25-10(20-8)6-17-9(21)5-18-11(22)13(14,15)16/h2,7H,1,3-6H2,(H,17,21)(H,18,22)(H,19,23). The predicted molar refractivity (Wildman–Crippen MR) is 81.4 cm³/mol. The Morgan fingerprint density at radius 2 is 1.96 bits per heavy atom. The Labute approximate surface area is 144 Å². The van der Waals surface area contributed by atoms with Gasteiger partial charge in [-0.2, -0.15) is 13.2 Å². The van der Waals surface area contributed by atoms with Crippen LogP contribution in [0.15, 0.2) is 18.0 Å². The summed E-state index contributed by atoms with van der Waals surface area (Å²) in [6, 6.07) is 0. The first kappa shape index (κ1) is 20.4. The lowest BCUT2D eigenvalue weighted by Crippen LogP contribution is -2.42. The smallest absolute Gasteiger partial charge is 0.445 e. The van der Waals surface area contributed by atoms with Gasteiger partial charge in [0.15, 0.2) is 0 Å². The fraction of sp³-hybridized carbons (Fsp3) is 0.385. The van der Waals surface area contributed by atoms with Crippen molar-refractivity contribution in [1.82, 2.24) is 20.9 Å². The van der Waals surface area contributed by atoms with Crippen molar-refractivity contribution in [3.05, 3.63) is 28.7 Å². The van der Waals surface area contributed by atoms with Gasteiger partial charge in [0.25, 0.3) is 0 Å². The van der Waals surface area contributed by atoms with Crippen LogP contribution in [0, 0.1) is 0 Å². The van der Waals surface area contributed by atoms with Gasteiger partial charge in [-0.15, -0.1) is 11.3 Å². The summed E-state index contributed by atoms with van der Waals surface area (Å²) in [5, 5.41) is 8.34. The quantitative estimate of drug-likeness (QED) is 0.580. The van der Waals surface area contributed by atoms with E-state index in [0.29, 0.717) is 10.7 Å². The van der Waals surface area contributed by atoms with Crippen molar-refractivity contribution in [3.8, 4) is 0 Å². The van der Waals surface area contributed by atoms with E-state index in [2.05, 4.69) is 22.2 Å². The van der Waals surface area contributed by atoms with Gasteiger partial charge in [-0.1, -0.05) is 12.7 Å². The zero-order chi connectivity index (χ0) is 18.9. The highest BCUT2D eigenvalue weighted by Crippen LogP contribution is 2.13. The van der Waals surface area contributed by atoms with Crippen LogP contribution in [-0.2, 0) is 27.4 Å². The maximum atomic E-state index is 12.0. The van der Waals surface area contributed by atoms with Crippen LogP contribution in [0.25, 0.3) is 0 Å². The third-order valence-corrected chi connectivity index (χ3v) is 3.35. The second-order valence-corrected chi connectivity index (χ2v) is 5.37. The van der Waals surface area contributed by atoms with Crippen LogP contribution in [0.4, 0.5) is 18.0 Å². The molecule has 25 heavy (non-hydrogen) atoms. The minimum absolute atomic E-state index is 0.0215. The van der Waals surface area contributed by atoms with Crippen LogP contribution >= 0.6 is 11.3 Å². The highest BCUT2D eigenvalue weighted by Gasteiger charge is 2.38. The van der Waals surface area contributed by atoms with E-state index in [1.54, 1.807) is 5.38 Å². The number of carbonyl (C=O) groups excluding carboxylic acids is 3. The van der Waals surface area contributed by atoms with E-state index < -0.39 is 30.6 Å². The van der Waals surface area contributed by atoms with Crippen molar-refractivity contribution in [3.63, 3.8) is 0 Å². The van der Waals surface area contributed by atoms with Crippen molar-refractivity contribution in [2.24, 2.45) is 0 Å². The molecule has 0 aliphatic heterocycles. The molecule has 0 saturated carbocycles. The lowest BCUT2D eigenvalue weighted by Gasteiger charge is -2.07. The Kier molecular flexibility index (Phi) is 7.85. The second-order valence-electron chi connectivity index (χ2n) is 4.43. The van der Waals surface area contributed by atoms with Crippen molar-refractivity contribution in [2.45, 2.75) is 19.3 Å². The minimum Gasteiger partial charge on any atom is -0.445 e. The molecule has 0 unspecified atom stereocenters. The Morgan fingerprint density at radius 3 is 2.60 bits per heavy atom. The largest absolute Gasteiger partial charge is 0.471 e. The Morgan fingerprint density at radius 1 is 1.24 bits per heavy atom. The van der Waals surface area contributed by atoms with E-state index in [0.717, 1.165) is 0 Å². The molecule has 0 bridgehead atoms. The van der Waals surface area contributed by atoms with Crippen molar-refractivity contribution in [2.75, 3.05) is 13.2 Å². The number of nitrogens with one attached hydrogen (secondary N) is 3. The van der Waals surface area contributed by atoms with Gasteiger partial charge in [0, 0.05) is 5.38 Å². The normalized spacial score (nSPS) is 10.7. The first-order valence-electron chi connectivity index (χ1n) is 6.79. The zero-order valence-corrected chi connectivity index (χ0v) is 13.6. The lowest BCUT2D eigenvalue weighted by molar-refractivity contribution is -0.173. The van der Waals surface area contributed by atoms with Gasteiger partial charge in [-0.05, 0) is 0 Å². The average Bonchev–Trinajstić information content (AvgIpc) is 3.01. The molecule has 1 aromatic heterocycles. The number of nitrogens with zero attached hydrogens (tertiary/aromatic N) is 1. The first-order valence-corrected chi connectivity index (χ1v) is 7.67. The van der Waals surface area contributed by atoms with Crippen LogP contribution < -0.4 is 16.0 Å². The number of hydrogen-bond donors (Lipinski definition) is 3. The van der Waals surface area contributed by atoms with Crippen LogP contribution in [0.1, 0.15) is 10.7 Å². The van der Waals surface area contributed by atoms with Gasteiger partial charge in [-0.3, -0.25) is 9.59 Å². The van der Waals surface area contributed by atoms with Crippen LogP contribution in [0.2, 0.25) is 0 Å². The number of alkyl halides is 3. The molecule has 1 aromatic rings. The van der Waals surface area contributed by atoms with Gasteiger partial charge in [0.2, 0.25) is 5.91 Å². The number of halogens is 3. The highest BCUT2D eigenvalue weighted by molar-refractivity contribution is 7.09. The second kappa shape index (κ2) is 9.61. The number of hydrogen-bond acceptors (Lipinski definition) is 6. The van der Waals surface area contributed by atoms with Crippen LogP contribution in [0.5, 0.6) is 0 Å². The fourth-order valence-corrected chi connectivity index (χ4v) is 2.09. The summed E-state index contributed by atoms with van der Waals surface area (Å²) in [7, 11) is 0. The van der Waals surface area contributed by atoms with Gasteiger partial charge < -0.3 is 20.7 Å². The molecular weight excluding hydrogens is 365 g/mol. The molecule has 12 heteroatoms. The number of carbonyl (C=O) groups is 3. The van der Waals surface area contributed by atoms with E-state index in [4.69, 9.17) is 4.74 Å². The molecule has 3 N–H and O–H groups in total. The summed E-state index contributed by atoms with van der Waals surface area (Å²) in [5.74, 6) is -2.98. The Hall–Kier alpha value is -2.63. The fourth-order valence-electron chi connectivity index (χ4n) is 1.36. The van der Waals surface area contributed by atoms with E-state index in [-0.39, 0.29) is 19.7 Å². The molecule has 0 saturated heterocycles. The van der Waals surface area contributed by atoms with E-state index in [1.165, 1.54) is 22.7 Å². The molecule has 8 nitrogen and oxygen atoms in total. The minimum atomic E-state index is -5.04. The molecule has 0 aliphatic carbocycles. The average molecular weight is 380 g/mol. The van der Waals surface area contributed by atoms with E-state index in [1.807, 2.05) is 0 Å². The summed E-state index contributed by atoms with van der Waals surface area (Å²) < 4.78 is 40.6.